The summed E-state index contributed by atoms with van der Waals surface area (Å²) < 4.78 is 0. The molecule has 2 rings (SSSR count). The second-order valence-corrected chi connectivity index (χ2v) is 8.29. The molecule has 0 aliphatic carbocycles. The maximum atomic E-state index is 12.8. The second-order valence-electron chi connectivity index (χ2n) is 7.86. The average molecular weight is 445 g/mol. The van der Waals surface area contributed by atoms with Gasteiger partial charge in [-0.25, -0.2) is 0 Å². The SMILES string of the molecule is CC(C)C[C@H]1CN(C(=O)/C=C/c2ccc(Cl)cc2)[C@@H](CC(C)C)C(=O)N1.S.S. The molecule has 1 fully saturated rings. The molecule has 0 bridgehead atoms. The van der Waals surface area contributed by atoms with E-state index in [9.17, 15) is 9.59 Å². The van der Waals surface area contributed by atoms with E-state index < -0.39 is 6.04 Å². The standard InChI is InChI=1S/C21H29ClN2O2.2H2S/c1-14(2)11-18-13-24(19(12-15(3)4)21(26)23-18)20(25)10-7-16-5-8-17(22)9-6-16;;/h5-10,14-15,18-19H,11-13H2,1-4H3,(H,23,26);2*1H2/b10-7+;;/t18-,19-;;/m0../s1. The first-order chi connectivity index (χ1) is 12.3. The smallest absolute Gasteiger partial charge is 0.247 e. The number of rotatable bonds is 6. The molecule has 7 heteroatoms. The van der Waals surface area contributed by atoms with Gasteiger partial charge in [-0.1, -0.05) is 51.4 Å². The van der Waals surface area contributed by atoms with Crippen LogP contribution in [0, 0.1) is 11.8 Å². The first-order valence-electron chi connectivity index (χ1n) is 9.31. The van der Waals surface area contributed by atoms with Gasteiger partial charge in [0.25, 0.3) is 0 Å². The summed E-state index contributed by atoms with van der Waals surface area (Å²) in [6, 6.07) is 6.92. The van der Waals surface area contributed by atoms with E-state index in [0.29, 0.717) is 29.8 Å². The molecule has 1 aromatic rings. The Labute approximate surface area is 188 Å². The molecule has 0 aromatic heterocycles. The van der Waals surface area contributed by atoms with Crippen molar-refractivity contribution in [2.45, 2.75) is 52.6 Å². The monoisotopic (exact) mass is 444 g/mol. The zero-order valence-electron chi connectivity index (χ0n) is 17.0. The molecule has 2 atom stereocenters. The fourth-order valence-corrected chi connectivity index (χ4v) is 3.44. The largest absolute Gasteiger partial charge is 0.350 e. The molecule has 28 heavy (non-hydrogen) atoms. The highest BCUT2D eigenvalue weighted by Gasteiger charge is 2.36. The molecule has 1 saturated heterocycles. The Morgan fingerprint density at radius 1 is 1.14 bits per heavy atom. The van der Waals surface area contributed by atoms with Crippen molar-refractivity contribution in [3.8, 4) is 0 Å². The molecule has 2 amide bonds. The van der Waals surface area contributed by atoms with Gasteiger partial charge in [0.05, 0.1) is 0 Å². The Morgan fingerprint density at radius 3 is 2.25 bits per heavy atom. The van der Waals surface area contributed by atoms with Crippen LogP contribution in [0.25, 0.3) is 6.08 Å². The minimum Gasteiger partial charge on any atom is -0.350 e. The zero-order valence-corrected chi connectivity index (χ0v) is 19.8. The van der Waals surface area contributed by atoms with Crippen LogP contribution >= 0.6 is 38.6 Å². The molecule has 1 aromatic carbocycles. The van der Waals surface area contributed by atoms with Crippen LogP contribution < -0.4 is 5.32 Å². The number of benzene rings is 1. The van der Waals surface area contributed by atoms with Crippen molar-refractivity contribution < 1.29 is 9.59 Å². The number of carbonyl (C=O) groups excluding carboxylic acids is 2. The molecule has 1 aliphatic heterocycles. The first-order valence-corrected chi connectivity index (χ1v) is 9.68. The average Bonchev–Trinajstić information content (AvgIpc) is 2.55. The Kier molecular flexibility index (Phi) is 12.0. The summed E-state index contributed by atoms with van der Waals surface area (Å²) in [5.41, 5.74) is 0.906. The van der Waals surface area contributed by atoms with Crippen LogP contribution in [-0.4, -0.2) is 35.3 Å². The number of hydrogen-bond acceptors (Lipinski definition) is 2. The van der Waals surface area contributed by atoms with Crippen LogP contribution in [0.3, 0.4) is 0 Å². The van der Waals surface area contributed by atoms with Crippen LogP contribution in [0.15, 0.2) is 30.3 Å². The molecule has 0 spiro atoms. The van der Waals surface area contributed by atoms with Gasteiger partial charge in [-0.15, -0.1) is 0 Å². The topological polar surface area (TPSA) is 49.4 Å². The van der Waals surface area contributed by atoms with Crippen molar-refractivity contribution in [2.75, 3.05) is 6.54 Å². The molecule has 0 unspecified atom stereocenters. The molecular formula is C21H33ClN2O2S2. The minimum atomic E-state index is -0.402. The molecule has 158 valence electrons. The lowest BCUT2D eigenvalue weighted by atomic mass is 9.95. The number of amides is 2. The quantitative estimate of drug-likeness (QED) is 0.662. The maximum Gasteiger partial charge on any atom is 0.247 e. The van der Waals surface area contributed by atoms with E-state index in [4.69, 9.17) is 11.6 Å². The summed E-state index contributed by atoms with van der Waals surface area (Å²) in [4.78, 5) is 27.2. The fourth-order valence-electron chi connectivity index (χ4n) is 3.31. The maximum absolute atomic E-state index is 12.8. The number of nitrogens with zero attached hydrogens (tertiary/aromatic N) is 1. The van der Waals surface area contributed by atoms with Crippen molar-refractivity contribution in [3.05, 3.63) is 40.9 Å². The summed E-state index contributed by atoms with van der Waals surface area (Å²) in [5, 5.41) is 3.76. The Bertz CT molecular complexity index is 663. The zero-order chi connectivity index (χ0) is 19.3. The third kappa shape index (κ3) is 8.10. The summed E-state index contributed by atoms with van der Waals surface area (Å²) in [5.74, 6) is 0.643. The molecular weight excluding hydrogens is 412 g/mol. The third-order valence-corrected chi connectivity index (χ3v) is 4.72. The molecule has 4 nitrogen and oxygen atoms in total. The number of nitrogens with one attached hydrogen (secondary N) is 1. The minimum absolute atomic E-state index is 0. The summed E-state index contributed by atoms with van der Waals surface area (Å²) >= 11 is 5.89. The van der Waals surface area contributed by atoms with Crippen LogP contribution in [0.1, 0.15) is 46.1 Å². The van der Waals surface area contributed by atoms with Gasteiger partial charge in [-0.2, -0.15) is 27.0 Å². The lowest BCUT2D eigenvalue weighted by molar-refractivity contribution is -0.142. The van der Waals surface area contributed by atoms with Gasteiger partial charge in [-0.3, -0.25) is 9.59 Å². The van der Waals surface area contributed by atoms with Crippen LogP contribution in [0.2, 0.25) is 5.02 Å². The first kappa shape index (κ1) is 26.9. The van der Waals surface area contributed by atoms with Gasteiger partial charge in [0, 0.05) is 23.7 Å². The van der Waals surface area contributed by atoms with Crippen molar-refractivity contribution in [3.63, 3.8) is 0 Å². The summed E-state index contributed by atoms with van der Waals surface area (Å²) in [6.07, 6.45) is 4.86. The van der Waals surface area contributed by atoms with Crippen molar-refractivity contribution >= 4 is 56.5 Å². The van der Waals surface area contributed by atoms with E-state index in [-0.39, 0.29) is 44.8 Å². The third-order valence-electron chi connectivity index (χ3n) is 4.46. The van der Waals surface area contributed by atoms with Crippen LogP contribution in [-0.2, 0) is 9.59 Å². The van der Waals surface area contributed by atoms with E-state index in [2.05, 4.69) is 33.0 Å². The number of halogens is 1. The van der Waals surface area contributed by atoms with Crippen molar-refractivity contribution in [1.29, 1.82) is 0 Å². The lowest BCUT2D eigenvalue weighted by Gasteiger charge is -2.40. The number of piperazine rings is 1. The van der Waals surface area contributed by atoms with E-state index in [0.717, 1.165) is 12.0 Å². The number of hydrogen-bond donors (Lipinski definition) is 1. The van der Waals surface area contributed by atoms with E-state index in [1.165, 1.54) is 0 Å². The lowest BCUT2D eigenvalue weighted by Crippen LogP contribution is -2.61. The van der Waals surface area contributed by atoms with E-state index in [1.807, 2.05) is 12.1 Å². The van der Waals surface area contributed by atoms with Gasteiger partial charge >= 0.3 is 0 Å². The Balaban J connectivity index is 0.00000364. The van der Waals surface area contributed by atoms with E-state index in [1.54, 1.807) is 29.2 Å². The fraction of sp³-hybridized carbons (Fsp3) is 0.524. The highest BCUT2D eigenvalue weighted by atomic mass is 35.5. The van der Waals surface area contributed by atoms with Gasteiger partial charge in [0.15, 0.2) is 0 Å². The van der Waals surface area contributed by atoms with Crippen molar-refractivity contribution in [2.24, 2.45) is 11.8 Å². The van der Waals surface area contributed by atoms with Gasteiger partial charge in [0.1, 0.15) is 6.04 Å². The molecule has 0 saturated carbocycles. The predicted octanol–water partition coefficient (Wildman–Crippen LogP) is 4.37. The molecule has 1 N–H and O–H groups in total. The highest BCUT2D eigenvalue weighted by molar-refractivity contribution is 7.59. The molecule has 1 aliphatic rings. The molecule has 0 radical (unpaired) electrons. The van der Waals surface area contributed by atoms with E-state index >= 15 is 0 Å². The van der Waals surface area contributed by atoms with Gasteiger partial charge in [-0.05, 0) is 48.4 Å². The van der Waals surface area contributed by atoms with Crippen LogP contribution in [0.5, 0.6) is 0 Å². The highest BCUT2D eigenvalue weighted by Crippen LogP contribution is 2.20. The van der Waals surface area contributed by atoms with Gasteiger partial charge < -0.3 is 10.2 Å². The summed E-state index contributed by atoms with van der Waals surface area (Å²) in [7, 11) is 0. The predicted molar refractivity (Wildman–Crippen MR) is 128 cm³/mol. The number of carbonyl (C=O) groups is 2. The Hall–Kier alpha value is -1.11. The normalized spacial score (nSPS) is 19.4. The van der Waals surface area contributed by atoms with Crippen molar-refractivity contribution in [1.82, 2.24) is 10.2 Å². The molecule has 1 heterocycles. The Morgan fingerprint density at radius 2 is 1.71 bits per heavy atom. The van der Waals surface area contributed by atoms with Crippen LogP contribution in [0.4, 0.5) is 0 Å². The second kappa shape index (κ2) is 12.5. The van der Waals surface area contributed by atoms with Gasteiger partial charge in [0.2, 0.25) is 11.8 Å². The summed E-state index contributed by atoms with van der Waals surface area (Å²) in [6.45, 7) is 8.95.